The van der Waals surface area contributed by atoms with Crippen LogP contribution in [-0.2, 0) is 11.8 Å². The zero-order valence-corrected chi connectivity index (χ0v) is 13.1. The number of pyridine rings is 1. The van der Waals surface area contributed by atoms with Crippen molar-refractivity contribution in [2.45, 2.75) is 46.0 Å². The molecule has 2 aromatic heterocycles. The van der Waals surface area contributed by atoms with E-state index in [4.69, 9.17) is 0 Å². The van der Waals surface area contributed by atoms with Gasteiger partial charge in [0.2, 0.25) is 0 Å². The summed E-state index contributed by atoms with van der Waals surface area (Å²) in [6.45, 7) is 7.92. The average molecular weight is 283 g/mol. The van der Waals surface area contributed by atoms with Crippen molar-refractivity contribution in [1.82, 2.24) is 15.0 Å². The van der Waals surface area contributed by atoms with Crippen LogP contribution in [0, 0.1) is 6.92 Å². The molecule has 0 aliphatic heterocycles. The van der Waals surface area contributed by atoms with Crippen LogP contribution in [0.25, 0.3) is 0 Å². The van der Waals surface area contributed by atoms with Crippen molar-refractivity contribution in [3.63, 3.8) is 0 Å². The van der Waals surface area contributed by atoms with E-state index in [-0.39, 0.29) is 11.2 Å². The quantitative estimate of drug-likeness (QED) is 0.790. The SMILES string of the molecule is CC(=O)c1cnc(C)c(CCC(C)(C)c2cncnc2)c1. The van der Waals surface area contributed by atoms with Gasteiger partial charge in [0, 0.05) is 29.8 Å². The van der Waals surface area contributed by atoms with Crippen LogP contribution in [0.2, 0.25) is 0 Å². The number of Topliss-reactive ketones (excluding diaryl/α,β-unsaturated/α-hetero) is 1. The maximum absolute atomic E-state index is 11.5. The molecule has 4 nitrogen and oxygen atoms in total. The minimum atomic E-state index is -0.0140. The number of carbonyl (C=O) groups excluding carboxylic acids is 1. The Morgan fingerprint density at radius 1 is 1.19 bits per heavy atom. The molecule has 0 unspecified atom stereocenters. The first-order chi connectivity index (χ1) is 9.90. The Kier molecular flexibility index (Phi) is 4.46. The number of aromatic nitrogens is 3. The summed E-state index contributed by atoms with van der Waals surface area (Å²) in [6.07, 6.45) is 8.75. The van der Waals surface area contributed by atoms with Gasteiger partial charge in [-0.25, -0.2) is 9.97 Å². The molecule has 4 heteroatoms. The third-order valence-corrected chi connectivity index (χ3v) is 3.96. The monoisotopic (exact) mass is 283 g/mol. The van der Waals surface area contributed by atoms with Gasteiger partial charge in [-0.1, -0.05) is 13.8 Å². The Balaban J connectivity index is 2.16. The van der Waals surface area contributed by atoms with Crippen LogP contribution in [0.3, 0.4) is 0 Å². The van der Waals surface area contributed by atoms with Crippen LogP contribution in [0.15, 0.2) is 31.0 Å². The van der Waals surface area contributed by atoms with E-state index in [2.05, 4.69) is 28.8 Å². The smallest absolute Gasteiger partial charge is 0.161 e. The number of rotatable bonds is 5. The van der Waals surface area contributed by atoms with Crippen LogP contribution < -0.4 is 0 Å². The largest absolute Gasteiger partial charge is 0.294 e. The van der Waals surface area contributed by atoms with Crippen molar-refractivity contribution in [3.8, 4) is 0 Å². The summed E-state index contributed by atoms with van der Waals surface area (Å²) in [5.41, 5.74) is 3.91. The van der Waals surface area contributed by atoms with E-state index in [0.29, 0.717) is 5.56 Å². The second kappa shape index (κ2) is 6.12. The van der Waals surface area contributed by atoms with Gasteiger partial charge in [0.15, 0.2) is 5.78 Å². The number of ketones is 1. The van der Waals surface area contributed by atoms with Crippen molar-refractivity contribution in [3.05, 3.63) is 53.4 Å². The van der Waals surface area contributed by atoms with Crippen molar-refractivity contribution >= 4 is 5.78 Å². The molecule has 0 aromatic carbocycles. The molecule has 0 spiro atoms. The van der Waals surface area contributed by atoms with E-state index < -0.39 is 0 Å². The summed E-state index contributed by atoms with van der Waals surface area (Å²) in [7, 11) is 0. The fraction of sp³-hybridized carbons (Fsp3) is 0.412. The third-order valence-electron chi connectivity index (χ3n) is 3.96. The van der Waals surface area contributed by atoms with Crippen LogP contribution in [0.4, 0.5) is 0 Å². The predicted molar refractivity (Wildman–Crippen MR) is 82.4 cm³/mol. The highest BCUT2D eigenvalue weighted by Crippen LogP contribution is 2.28. The Morgan fingerprint density at radius 3 is 2.48 bits per heavy atom. The Labute approximate surface area is 125 Å². The minimum absolute atomic E-state index is 0.0140. The summed E-state index contributed by atoms with van der Waals surface area (Å²) in [5.74, 6) is 0.0551. The molecule has 0 atom stereocenters. The molecule has 0 bridgehead atoms. The summed E-state index contributed by atoms with van der Waals surface area (Å²) < 4.78 is 0. The first-order valence-corrected chi connectivity index (χ1v) is 7.12. The van der Waals surface area contributed by atoms with E-state index >= 15 is 0 Å². The standard InChI is InChI=1S/C17H21N3O/c1-12-14(7-15(8-20-12)13(2)21)5-6-17(3,4)16-9-18-11-19-10-16/h7-11H,5-6H2,1-4H3. The topological polar surface area (TPSA) is 55.7 Å². The van der Waals surface area contributed by atoms with Gasteiger partial charge in [-0.2, -0.15) is 0 Å². The van der Waals surface area contributed by atoms with Crippen LogP contribution in [-0.4, -0.2) is 20.7 Å². The predicted octanol–water partition coefficient (Wildman–Crippen LogP) is 3.29. The van der Waals surface area contributed by atoms with Crippen LogP contribution in [0.5, 0.6) is 0 Å². The summed E-state index contributed by atoms with van der Waals surface area (Å²) in [6, 6.07) is 1.96. The van der Waals surface area contributed by atoms with E-state index in [1.54, 1.807) is 19.4 Å². The van der Waals surface area contributed by atoms with E-state index in [9.17, 15) is 4.79 Å². The number of nitrogens with zero attached hydrogens (tertiary/aromatic N) is 3. The molecule has 0 saturated carbocycles. The summed E-state index contributed by atoms with van der Waals surface area (Å²) in [4.78, 5) is 24.0. The zero-order valence-electron chi connectivity index (χ0n) is 13.1. The highest BCUT2D eigenvalue weighted by molar-refractivity contribution is 5.93. The van der Waals surface area contributed by atoms with Gasteiger partial charge < -0.3 is 0 Å². The molecule has 0 radical (unpaired) electrons. The summed E-state index contributed by atoms with van der Waals surface area (Å²) in [5, 5.41) is 0. The molecule has 0 fully saturated rings. The molecule has 0 amide bonds. The maximum atomic E-state index is 11.5. The van der Waals surface area contributed by atoms with E-state index in [1.807, 2.05) is 25.4 Å². The molecule has 21 heavy (non-hydrogen) atoms. The normalized spacial score (nSPS) is 11.4. The van der Waals surface area contributed by atoms with Gasteiger partial charge in [-0.15, -0.1) is 0 Å². The molecule has 2 rings (SSSR count). The van der Waals surface area contributed by atoms with Crippen LogP contribution in [0.1, 0.15) is 54.4 Å². The summed E-state index contributed by atoms with van der Waals surface area (Å²) >= 11 is 0. The molecule has 0 aliphatic carbocycles. The van der Waals surface area contributed by atoms with Crippen molar-refractivity contribution in [1.29, 1.82) is 0 Å². The number of hydrogen-bond donors (Lipinski definition) is 0. The first-order valence-electron chi connectivity index (χ1n) is 7.12. The van der Waals surface area contributed by atoms with Crippen molar-refractivity contribution in [2.24, 2.45) is 0 Å². The van der Waals surface area contributed by atoms with Gasteiger partial charge in [0.25, 0.3) is 0 Å². The Hall–Kier alpha value is -2.10. The molecule has 0 N–H and O–H groups in total. The molecule has 2 aromatic rings. The second-order valence-corrected chi connectivity index (χ2v) is 6.04. The Morgan fingerprint density at radius 2 is 1.86 bits per heavy atom. The lowest BCUT2D eigenvalue weighted by molar-refractivity contribution is 0.101. The number of hydrogen-bond acceptors (Lipinski definition) is 4. The van der Waals surface area contributed by atoms with Crippen molar-refractivity contribution < 1.29 is 4.79 Å². The minimum Gasteiger partial charge on any atom is -0.294 e. The molecule has 110 valence electrons. The highest BCUT2D eigenvalue weighted by atomic mass is 16.1. The van der Waals surface area contributed by atoms with Gasteiger partial charge >= 0.3 is 0 Å². The average Bonchev–Trinajstić information content (AvgIpc) is 2.47. The molecular weight excluding hydrogens is 262 g/mol. The van der Waals surface area contributed by atoms with Crippen LogP contribution >= 0.6 is 0 Å². The molecule has 2 heterocycles. The lowest BCUT2D eigenvalue weighted by atomic mass is 9.81. The Bertz CT molecular complexity index is 636. The van der Waals surface area contributed by atoms with Gasteiger partial charge in [-0.05, 0) is 49.3 Å². The third kappa shape index (κ3) is 3.72. The fourth-order valence-corrected chi connectivity index (χ4v) is 2.26. The van der Waals surface area contributed by atoms with Crippen molar-refractivity contribution in [2.75, 3.05) is 0 Å². The highest BCUT2D eigenvalue weighted by Gasteiger charge is 2.21. The zero-order chi connectivity index (χ0) is 15.5. The van der Waals surface area contributed by atoms with Gasteiger partial charge in [-0.3, -0.25) is 9.78 Å². The molecular formula is C17H21N3O. The fourth-order valence-electron chi connectivity index (χ4n) is 2.26. The lowest BCUT2D eigenvalue weighted by Crippen LogP contribution is -2.19. The van der Waals surface area contributed by atoms with Gasteiger partial charge in [0.1, 0.15) is 6.33 Å². The van der Waals surface area contributed by atoms with E-state index in [1.165, 1.54) is 0 Å². The second-order valence-electron chi connectivity index (χ2n) is 6.04. The molecule has 0 saturated heterocycles. The lowest BCUT2D eigenvalue weighted by Gasteiger charge is -2.24. The maximum Gasteiger partial charge on any atom is 0.161 e. The first kappa shape index (κ1) is 15.3. The van der Waals surface area contributed by atoms with E-state index in [0.717, 1.165) is 29.7 Å². The molecule has 0 aliphatic rings. The number of aryl methyl sites for hydroxylation is 2. The number of carbonyl (C=O) groups is 1. The van der Waals surface area contributed by atoms with Gasteiger partial charge in [0.05, 0.1) is 0 Å².